The lowest BCUT2D eigenvalue weighted by Crippen LogP contribution is -2.30. The number of amides is 1. The molecule has 0 fully saturated rings. The van der Waals surface area contributed by atoms with Crippen LogP contribution in [0, 0.1) is 0 Å². The molecule has 2 heterocycles. The average molecular weight is 430 g/mol. The molecular weight excluding hydrogens is 406 g/mol. The van der Waals surface area contributed by atoms with Crippen LogP contribution in [-0.2, 0) is 17.1 Å². The summed E-state index contributed by atoms with van der Waals surface area (Å²) in [7, 11) is -2.05. The first-order valence-corrected chi connectivity index (χ1v) is 10.8. The van der Waals surface area contributed by atoms with Crippen molar-refractivity contribution in [3.05, 3.63) is 54.6 Å². The molecule has 9 nitrogen and oxygen atoms in total. The molecule has 1 amide bonds. The SMILES string of the molecule is CCN(CC)S(=O)(=O)c1cc(C(=O)Nc2cnc(-c3cccc(O)c3)nc2)n(C)c1. The van der Waals surface area contributed by atoms with Crippen LogP contribution < -0.4 is 5.32 Å². The number of nitrogens with one attached hydrogen (secondary N) is 1. The molecule has 0 atom stereocenters. The molecular formula is C20H23N5O4S. The van der Waals surface area contributed by atoms with Gasteiger partial charge in [-0.1, -0.05) is 26.0 Å². The highest BCUT2D eigenvalue weighted by atomic mass is 32.2. The van der Waals surface area contributed by atoms with Gasteiger partial charge in [-0.15, -0.1) is 0 Å². The maximum Gasteiger partial charge on any atom is 0.272 e. The highest BCUT2D eigenvalue weighted by molar-refractivity contribution is 7.89. The minimum atomic E-state index is -3.66. The van der Waals surface area contributed by atoms with Crippen LogP contribution in [0.1, 0.15) is 24.3 Å². The van der Waals surface area contributed by atoms with Gasteiger partial charge in [0, 0.05) is 31.9 Å². The molecule has 3 rings (SSSR count). The van der Waals surface area contributed by atoms with E-state index in [9.17, 15) is 18.3 Å². The number of phenolic OH excluding ortho intramolecular Hbond substituents is 1. The third-order valence-electron chi connectivity index (χ3n) is 4.57. The van der Waals surface area contributed by atoms with E-state index in [0.717, 1.165) is 0 Å². The third kappa shape index (κ3) is 4.34. The summed E-state index contributed by atoms with van der Waals surface area (Å²) in [4.78, 5) is 21.1. The molecule has 0 saturated carbocycles. The number of anilines is 1. The monoisotopic (exact) mass is 429 g/mol. The van der Waals surface area contributed by atoms with Gasteiger partial charge in [-0.25, -0.2) is 18.4 Å². The van der Waals surface area contributed by atoms with Crippen molar-refractivity contribution in [2.45, 2.75) is 18.7 Å². The predicted octanol–water partition coefficient (Wildman–Crippen LogP) is 2.47. The van der Waals surface area contributed by atoms with Gasteiger partial charge in [0.25, 0.3) is 5.91 Å². The Labute approximate surface area is 175 Å². The van der Waals surface area contributed by atoms with Gasteiger partial charge in [0.2, 0.25) is 10.0 Å². The maximum atomic E-state index is 12.7. The van der Waals surface area contributed by atoms with Crippen molar-refractivity contribution in [3.8, 4) is 17.1 Å². The van der Waals surface area contributed by atoms with Crippen LogP contribution >= 0.6 is 0 Å². The summed E-state index contributed by atoms with van der Waals surface area (Å²) in [5.74, 6) is 0.0234. The Kier molecular flexibility index (Phi) is 6.18. The molecule has 3 aromatic rings. The maximum absolute atomic E-state index is 12.7. The zero-order valence-electron chi connectivity index (χ0n) is 16.9. The molecule has 158 valence electrons. The molecule has 1 aromatic carbocycles. The van der Waals surface area contributed by atoms with Crippen LogP contribution in [0.5, 0.6) is 5.75 Å². The molecule has 2 aromatic heterocycles. The van der Waals surface area contributed by atoms with Gasteiger partial charge >= 0.3 is 0 Å². The summed E-state index contributed by atoms with van der Waals surface area (Å²) in [6.45, 7) is 4.21. The Hall–Kier alpha value is -3.24. The quantitative estimate of drug-likeness (QED) is 0.596. The van der Waals surface area contributed by atoms with E-state index in [1.807, 2.05) is 0 Å². The van der Waals surface area contributed by atoms with Crippen molar-refractivity contribution in [2.24, 2.45) is 7.05 Å². The molecule has 30 heavy (non-hydrogen) atoms. The Bertz CT molecular complexity index is 1150. The molecule has 0 aliphatic carbocycles. The second-order valence-corrected chi connectivity index (χ2v) is 8.50. The average Bonchev–Trinajstić information content (AvgIpc) is 3.12. The largest absolute Gasteiger partial charge is 0.508 e. The van der Waals surface area contributed by atoms with E-state index < -0.39 is 15.9 Å². The number of aromatic hydroxyl groups is 1. The van der Waals surface area contributed by atoms with Crippen LogP contribution in [0.4, 0.5) is 5.69 Å². The lowest BCUT2D eigenvalue weighted by Gasteiger charge is -2.17. The second-order valence-electron chi connectivity index (χ2n) is 6.56. The van der Waals surface area contributed by atoms with Crippen LogP contribution in [0.15, 0.2) is 53.8 Å². The highest BCUT2D eigenvalue weighted by Crippen LogP contribution is 2.21. The normalized spacial score (nSPS) is 11.6. The molecule has 10 heteroatoms. The zero-order valence-corrected chi connectivity index (χ0v) is 17.7. The lowest BCUT2D eigenvalue weighted by molar-refractivity contribution is 0.101. The van der Waals surface area contributed by atoms with Crippen molar-refractivity contribution in [1.82, 2.24) is 18.8 Å². The van der Waals surface area contributed by atoms with E-state index in [2.05, 4.69) is 15.3 Å². The standard InChI is InChI=1S/C20H23N5O4S/c1-4-25(5-2)30(28,29)17-10-18(24(3)13-17)20(27)23-15-11-21-19(22-12-15)14-7-6-8-16(26)9-14/h6-13,26H,4-5H2,1-3H3,(H,23,27). The third-order valence-corrected chi connectivity index (χ3v) is 6.58. The van der Waals surface area contributed by atoms with E-state index in [1.165, 1.54) is 39.6 Å². The van der Waals surface area contributed by atoms with Gasteiger partial charge < -0.3 is 15.0 Å². The number of hydrogen-bond donors (Lipinski definition) is 2. The summed E-state index contributed by atoms with van der Waals surface area (Å²) >= 11 is 0. The molecule has 0 aliphatic rings. The van der Waals surface area contributed by atoms with Crippen LogP contribution in [0.3, 0.4) is 0 Å². The van der Waals surface area contributed by atoms with Gasteiger partial charge in [0.15, 0.2) is 5.82 Å². The van der Waals surface area contributed by atoms with Gasteiger partial charge in [-0.2, -0.15) is 4.31 Å². The predicted molar refractivity (Wildman–Crippen MR) is 113 cm³/mol. The summed E-state index contributed by atoms with van der Waals surface area (Å²) in [5.41, 5.74) is 1.19. The van der Waals surface area contributed by atoms with E-state index in [0.29, 0.717) is 30.2 Å². The number of aromatic nitrogens is 3. The Morgan fingerprint density at radius 2 is 1.83 bits per heavy atom. The number of carbonyl (C=O) groups excluding carboxylic acids is 1. The van der Waals surface area contributed by atoms with Gasteiger partial charge in [0.1, 0.15) is 16.3 Å². The smallest absolute Gasteiger partial charge is 0.272 e. The molecule has 0 spiro atoms. The summed E-state index contributed by atoms with van der Waals surface area (Å²) in [6.07, 6.45) is 4.31. The first kappa shape index (κ1) is 21.5. The molecule has 0 aliphatic heterocycles. The number of rotatable bonds is 7. The van der Waals surface area contributed by atoms with Crippen molar-refractivity contribution in [2.75, 3.05) is 18.4 Å². The summed E-state index contributed by atoms with van der Waals surface area (Å²) in [5, 5.41) is 12.2. The number of carbonyl (C=O) groups is 1. The molecule has 0 saturated heterocycles. The summed E-state index contributed by atoms with van der Waals surface area (Å²) < 4.78 is 28.2. The van der Waals surface area contributed by atoms with E-state index in [1.54, 1.807) is 39.1 Å². The fraction of sp³-hybridized carbons (Fsp3) is 0.250. The Balaban J connectivity index is 1.79. The zero-order chi connectivity index (χ0) is 21.9. The number of aryl methyl sites for hydroxylation is 1. The van der Waals surface area contributed by atoms with Crippen molar-refractivity contribution >= 4 is 21.6 Å². The minimum Gasteiger partial charge on any atom is -0.508 e. The second kappa shape index (κ2) is 8.64. The molecule has 0 unspecified atom stereocenters. The Morgan fingerprint density at radius 3 is 2.43 bits per heavy atom. The number of hydrogen-bond acceptors (Lipinski definition) is 6. The summed E-state index contributed by atoms with van der Waals surface area (Å²) in [6, 6.07) is 7.88. The minimum absolute atomic E-state index is 0.0642. The topological polar surface area (TPSA) is 117 Å². The molecule has 2 N–H and O–H groups in total. The lowest BCUT2D eigenvalue weighted by atomic mass is 10.2. The fourth-order valence-electron chi connectivity index (χ4n) is 3.00. The van der Waals surface area contributed by atoms with E-state index in [-0.39, 0.29) is 16.3 Å². The first-order chi connectivity index (χ1) is 14.3. The van der Waals surface area contributed by atoms with E-state index >= 15 is 0 Å². The van der Waals surface area contributed by atoms with Crippen molar-refractivity contribution in [3.63, 3.8) is 0 Å². The Morgan fingerprint density at radius 1 is 1.17 bits per heavy atom. The number of sulfonamides is 1. The molecule has 0 radical (unpaired) electrons. The van der Waals surface area contributed by atoms with Gasteiger partial charge in [-0.05, 0) is 18.2 Å². The van der Waals surface area contributed by atoms with Crippen LogP contribution in [0.2, 0.25) is 0 Å². The number of phenols is 1. The fourth-order valence-corrected chi connectivity index (χ4v) is 4.53. The molecule has 0 bridgehead atoms. The van der Waals surface area contributed by atoms with Crippen molar-refractivity contribution < 1.29 is 18.3 Å². The highest BCUT2D eigenvalue weighted by Gasteiger charge is 2.25. The number of nitrogens with zero attached hydrogens (tertiary/aromatic N) is 4. The van der Waals surface area contributed by atoms with Gasteiger partial charge in [0.05, 0.1) is 18.1 Å². The van der Waals surface area contributed by atoms with E-state index in [4.69, 9.17) is 0 Å². The van der Waals surface area contributed by atoms with Gasteiger partial charge in [-0.3, -0.25) is 4.79 Å². The first-order valence-electron chi connectivity index (χ1n) is 9.35. The number of benzene rings is 1. The van der Waals surface area contributed by atoms with Crippen LogP contribution in [-0.4, -0.2) is 51.4 Å². The van der Waals surface area contributed by atoms with Crippen LogP contribution in [0.25, 0.3) is 11.4 Å². The van der Waals surface area contributed by atoms with Crippen molar-refractivity contribution in [1.29, 1.82) is 0 Å².